The summed E-state index contributed by atoms with van der Waals surface area (Å²) in [5.41, 5.74) is 0.792. The molecular formula is C30H35ClFN3O5S. The van der Waals surface area contributed by atoms with Crippen LogP contribution in [0.25, 0.3) is 0 Å². The molecule has 0 bridgehead atoms. The molecule has 3 aromatic rings. The van der Waals surface area contributed by atoms with E-state index in [-0.39, 0.29) is 29.0 Å². The molecule has 0 radical (unpaired) electrons. The number of nitrogens with zero attached hydrogens (tertiary/aromatic N) is 2. The van der Waals surface area contributed by atoms with E-state index in [1.807, 2.05) is 20.8 Å². The van der Waals surface area contributed by atoms with Gasteiger partial charge in [-0.25, -0.2) is 12.8 Å². The van der Waals surface area contributed by atoms with Crippen LogP contribution in [0, 0.1) is 11.7 Å². The molecule has 41 heavy (non-hydrogen) atoms. The van der Waals surface area contributed by atoms with Crippen LogP contribution in [0.15, 0.2) is 77.7 Å². The Kier molecular flexibility index (Phi) is 11.1. The summed E-state index contributed by atoms with van der Waals surface area (Å²) in [4.78, 5) is 28.1. The Morgan fingerprint density at radius 1 is 0.976 bits per heavy atom. The van der Waals surface area contributed by atoms with E-state index >= 15 is 0 Å². The Labute approximate surface area is 246 Å². The van der Waals surface area contributed by atoms with Crippen molar-refractivity contribution in [2.75, 3.05) is 24.0 Å². The van der Waals surface area contributed by atoms with Crippen molar-refractivity contribution in [2.45, 2.75) is 45.2 Å². The Hall–Kier alpha value is -3.63. The topological polar surface area (TPSA) is 96.0 Å². The predicted molar refractivity (Wildman–Crippen MR) is 158 cm³/mol. The lowest BCUT2D eigenvalue weighted by Gasteiger charge is -2.32. The van der Waals surface area contributed by atoms with Crippen molar-refractivity contribution < 1.29 is 27.1 Å². The van der Waals surface area contributed by atoms with Crippen LogP contribution in [-0.4, -0.2) is 50.9 Å². The average molecular weight is 604 g/mol. The molecule has 0 saturated carbocycles. The summed E-state index contributed by atoms with van der Waals surface area (Å²) < 4.78 is 47.6. The summed E-state index contributed by atoms with van der Waals surface area (Å²) in [7, 11) is -4.32. The molecule has 0 spiro atoms. The van der Waals surface area contributed by atoms with E-state index < -0.39 is 34.3 Å². The first-order valence-corrected chi connectivity index (χ1v) is 15.1. The second-order valence-electron chi connectivity index (χ2n) is 9.82. The van der Waals surface area contributed by atoms with Crippen LogP contribution in [0.4, 0.5) is 10.1 Å². The highest BCUT2D eigenvalue weighted by atomic mass is 35.5. The quantitative estimate of drug-likeness (QED) is 0.287. The van der Waals surface area contributed by atoms with Crippen LogP contribution < -0.4 is 14.4 Å². The van der Waals surface area contributed by atoms with Gasteiger partial charge >= 0.3 is 0 Å². The Morgan fingerprint density at radius 3 is 2.20 bits per heavy atom. The highest BCUT2D eigenvalue weighted by Gasteiger charge is 2.33. The third-order valence-electron chi connectivity index (χ3n) is 6.27. The first-order chi connectivity index (χ1) is 19.4. The molecule has 0 aliphatic heterocycles. The van der Waals surface area contributed by atoms with Gasteiger partial charge in [-0.15, -0.1) is 0 Å². The molecule has 0 unspecified atom stereocenters. The second-order valence-corrected chi connectivity index (χ2v) is 12.1. The van der Waals surface area contributed by atoms with Gasteiger partial charge in [0.05, 0.1) is 17.2 Å². The Bertz CT molecular complexity index is 1430. The van der Waals surface area contributed by atoms with Gasteiger partial charge in [-0.1, -0.05) is 43.6 Å². The molecule has 1 atom stereocenters. The van der Waals surface area contributed by atoms with Crippen LogP contribution in [-0.2, 0) is 26.2 Å². The van der Waals surface area contributed by atoms with Crippen molar-refractivity contribution in [1.29, 1.82) is 0 Å². The van der Waals surface area contributed by atoms with E-state index in [2.05, 4.69) is 5.32 Å². The minimum Gasteiger partial charge on any atom is -0.494 e. The summed E-state index contributed by atoms with van der Waals surface area (Å²) in [5.74, 6) is -0.892. The Morgan fingerprint density at radius 2 is 1.61 bits per heavy atom. The maximum absolute atomic E-state index is 13.9. The fourth-order valence-corrected chi connectivity index (χ4v) is 5.59. The number of rotatable bonds is 13. The second kappa shape index (κ2) is 14.3. The number of nitrogens with one attached hydrogen (secondary N) is 1. The summed E-state index contributed by atoms with van der Waals surface area (Å²) in [6.45, 7) is 7.49. The molecule has 1 N–H and O–H groups in total. The lowest BCUT2D eigenvalue weighted by atomic mass is 10.1. The lowest BCUT2D eigenvalue weighted by Crippen LogP contribution is -2.51. The number of carbonyl (C=O) groups is 2. The first kappa shape index (κ1) is 31.9. The fraction of sp³-hybridized carbons (Fsp3) is 0.333. The van der Waals surface area contributed by atoms with Crippen molar-refractivity contribution in [3.63, 3.8) is 0 Å². The summed E-state index contributed by atoms with van der Waals surface area (Å²) in [6, 6.07) is 16.6. The predicted octanol–water partition coefficient (Wildman–Crippen LogP) is 5.26. The van der Waals surface area contributed by atoms with Gasteiger partial charge in [-0.2, -0.15) is 0 Å². The molecule has 11 heteroatoms. The highest BCUT2D eigenvalue weighted by Crippen LogP contribution is 2.27. The number of halogens is 2. The number of benzene rings is 3. The van der Waals surface area contributed by atoms with Crippen molar-refractivity contribution in [1.82, 2.24) is 10.2 Å². The number of carbonyl (C=O) groups excluding carboxylic acids is 2. The van der Waals surface area contributed by atoms with Gasteiger partial charge < -0.3 is 15.0 Å². The molecule has 3 aromatic carbocycles. The minimum absolute atomic E-state index is 0.0253. The smallest absolute Gasteiger partial charge is 0.264 e. The van der Waals surface area contributed by atoms with E-state index in [1.165, 1.54) is 17.0 Å². The van der Waals surface area contributed by atoms with E-state index in [4.69, 9.17) is 16.3 Å². The zero-order chi connectivity index (χ0) is 30.2. The number of sulfonamides is 1. The third kappa shape index (κ3) is 8.43. The zero-order valence-electron chi connectivity index (χ0n) is 23.5. The first-order valence-electron chi connectivity index (χ1n) is 13.3. The molecule has 0 aromatic heterocycles. The average Bonchev–Trinajstić information content (AvgIpc) is 2.94. The minimum atomic E-state index is -4.32. The van der Waals surface area contributed by atoms with Gasteiger partial charge in [-0.3, -0.25) is 13.9 Å². The van der Waals surface area contributed by atoms with Crippen molar-refractivity contribution in [2.24, 2.45) is 5.92 Å². The standard InChI is InChI=1S/C30H35ClFN3O5S/c1-5-40-26-14-12-25(13-15-26)35(41(38,39)27-16-10-24(32)11-17-27)20-29(36)34(19-23-8-6-7-9-28(23)31)22(4)30(37)33-18-21(2)3/h6-17,21-22H,5,18-20H2,1-4H3,(H,33,37)/t22-/m0/s1. The summed E-state index contributed by atoms with van der Waals surface area (Å²) in [6.07, 6.45) is 0. The highest BCUT2D eigenvalue weighted by molar-refractivity contribution is 7.92. The van der Waals surface area contributed by atoms with Crippen LogP contribution in [0.2, 0.25) is 5.02 Å². The number of ether oxygens (including phenoxy) is 1. The SMILES string of the molecule is CCOc1ccc(N(CC(=O)N(Cc2ccccc2Cl)[C@@H](C)C(=O)NCC(C)C)S(=O)(=O)c2ccc(F)cc2)cc1. The van der Waals surface area contributed by atoms with Crippen molar-refractivity contribution in [3.05, 3.63) is 89.2 Å². The van der Waals surface area contributed by atoms with Gasteiger partial charge in [0.25, 0.3) is 10.0 Å². The maximum Gasteiger partial charge on any atom is 0.264 e. The number of amides is 2. The fourth-order valence-electron chi connectivity index (χ4n) is 3.98. The molecule has 0 aliphatic carbocycles. The molecule has 220 valence electrons. The van der Waals surface area contributed by atoms with Crippen molar-refractivity contribution in [3.8, 4) is 5.75 Å². The molecule has 8 nitrogen and oxygen atoms in total. The van der Waals surface area contributed by atoms with E-state index in [1.54, 1.807) is 43.3 Å². The van der Waals surface area contributed by atoms with E-state index in [0.29, 0.717) is 29.5 Å². The largest absolute Gasteiger partial charge is 0.494 e. The maximum atomic E-state index is 13.9. The van der Waals surface area contributed by atoms with E-state index in [0.717, 1.165) is 28.6 Å². The molecule has 3 rings (SSSR count). The number of anilines is 1. The van der Waals surface area contributed by atoms with Gasteiger partial charge in [0.15, 0.2) is 0 Å². The molecule has 0 fully saturated rings. The summed E-state index contributed by atoms with van der Waals surface area (Å²) in [5, 5.41) is 3.24. The summed E-state index contributed by atoms with van der Waals surface area (Å²) >= 11 is 6.38. The van der Waals surface area contributed by atoms with Gasteiger partial charge in [-0.05, 0) is 79.9 Å². The van der Waals surface area contributed by atoms with Gasteiger partial charge in [0.1, 0.15) is 24.2 Å². The monoisotopic (exact) mass is 603 g/mol. The molecule has 0 aliphatic rings. The Balaban J connectivity index is 2.03. The van der Waals surface area contributed by atoms with Crippen LogP contribution >= 0.6 is 11.6 Å². The van der Waals surface area contributed by atoms with Gasteiger partial charge in [0.2, 0.25) is 11.8 Å². The molecule has 0 heterocycles. The van der Waals surface area contributed by atoms with E-state index in [9.17, 15) is 22.4 Å². The molecular weight excluding hydrogens is 569 g/mol. The molecule has 2 amide bonds. The number of hydrogen-bond acceptors (Lipinski definition) is 5. The lowest BCUT2D eigenvalue weighted by molar-refractivity contribution is -0.139. The third-order valence-corrected chi connectivity index (χ3v) is 8.42. The van der Waals surface area contributed by atoms with Crippen molar-refractivity contribution >= 4 is 39.1 Å². The van der Waals surface area contributed by atoms with Crippen LogP contribution in [0.1, 0.15) is 33.3 Å². The number of hydrogen-bond donors (Lipinski definition) is 1. The molecule has 0 saturated heterocycles. The zero-order valence-corrected chi connectivity index (χ0v) is 25.1. The van der Waals surface area contributed by atoms with Crippen LogP contribution in [0.3, 0.4) is 0 Å². The van der Waals surface area contributed by atoms with Gasteiger partial charge in [0, 0.05) is 18.1 Å². The normalized spacial score (nSPS) is 12.1. The van der Waals surface area contributed by atoms with Crippen LogP contribution in [0.5, 0.6) is 5.75 Å².